The lowest BCUT2D eigenvalue weighted by atomic mass is 10.1. The number of aromatic nitrogens is 2. The summed E-state index contributed by atoms with van der Waals surface area (Å²) in [5.74, 6) is 0. The van der Waals surface area contributed by atoms with Gasteiger partial charge in [-0.1, -0.05) is 11.6 Å². The molecule has 0 aliphatic rings. The van der Waals surface area contributed by atoms with Gasteiger partial charge in [0, 0.05) is 36.5 Å². The molecule has 0 bridgehead atoms. The van der Waals surface area contributed by atoms with E-state index in [-0.39, 0.29) is 6.03 Å². The van der Waals surface area contributed by atoms with E-state index in [1.165, 1.54) is 11.3 Å². The average molecular weight is 335 g/mol. The molecular weight excluding hydrogens is 312 g/mol. The van der Waals surface area contributed by atoms with Gasteiger partial charge in [-0.2, -0.15) is 5.10 Å². The van der Waals surface area contributed by atoms with E-state index in [2.05, 4.69) is 24.3 Å². The fourth-order valence-electron chi connectivity index (χ4n) is 2.54. The van der Waals surface area contributed by atoms with Crippen molar-refractivity contribution in [2.24, 2.45) is 0 Å². The zero-order chi connectivity index (χ0) is 17.0. The number of nitrogens with one attached hydrogen (secondary N) is 1. The largest absolute Gasteiger partial charge is 0.327 e. The fourth-order valence-corrected chi connectivity index (χ4v) is 2.66. The Morgan fingerprint density at radius 3 is 2.52 bits per heavy atom. The molecule has 0 aliphatic carbocycles. The van der Waals surface area contributed by atoms with E-state index in [0.29, 0.717) is 11.6 Å². The van der Waals surface area contributed by atoms with Gasteiger partial charge in [0.1, 0.15) is 0 Å². The monoisotopic (exact) mass is 334 g/mol. The minimum absolute atomic E-state index is 0.134. The number of aryl methyl sites for hydroxylation is 2. The lowest BCUT2D eigenvalue weighted by Gasteiger charge is -2.18. The van der Waals surface area contributed by atoms with Gasteiger partial charge in [-0.15, -0.1) is 0 Å². The first-order chi connectivity index (χ1) is 10.9. The first-order valence-corrected chi connectivity index (χ1v) is 8.10. The second kappa shape index (κ2) is 7.51. The van der Waals surface area contributed by atoms with Gasteiger partial charge >= 0.3 is 6.03 Å². The van der Waals surface area contributed by atoms with Gasteiger partial charge in [0.2, 0.25) is 0 Å². The Kier molecular flexibility index (Phi) is 5.66. The van der Waals surface area contributed by atoms with Crippen LogP contribution in [0.1, 0.15) is 23.9 Å². The van der Waals surface area contributed by atoms with Crippen molar-refractivity contribution in [2.75, 3.05) is 18.9 Å². The van der Waals surface area contributed by atoms with Crippen LogP contribution in [0.25, 0.3) is 0 Å². The van der Waals surface area contributed by atoms with Gasteiger partial charge in [-0.3, -0.25) is 4.68 Å². The second-order valence-corrected chi connectivity index (χ2v) is 6.01. The molecule has 1 aromatic carbocycles. The minimum atomic E-state index is -0.134. The summed E-state index contributed by atoms with van der Waals surface area (Å²) >= 11 is 5.84. The Labute approximate surface area is 142 Å². The third-order valence-corrected chi connectivity index (χ3v) is 4.22. The number of likely N-dealkylation sites (N-methyl/N-ethyl adjacent to an activating group) is 1. The summed E-state index contributed by atoms with van der Waals surface area (Å²) in [6, 6.07) is 6.94. The fraction of sp³-hybridized carbons (Fsp3) is 0.412. The third kappa shape index (κ3) is 4.26. The predicted molar refractivity (Wildman–Crippen MR) is 94.2 cm³/mol. The molecule has 0 spiro atoms. The summed E-state index contributed by atoms with van der Waals surface area (Å²) in [5.41, 5.74) is 4.17. The molecule has 2 rings (SSSR count). The average Bonchev–Trinajstić information content (AvgIpc) is 2.81. The van der Waals surface area contributed by atoms with Crippen LogP contribution in [0.5, 0.6) is 0 Å². The predicted octanol–water partition coefficient (Wildman–Crippen LogP) is 3.88. The number of carbonyl (C=O) groups excluding carboxylic acids is 1. The van der Waals surface area contributed by atoms with Crippen molar-refractivity contribution in [1.82, 2.24) is 14.7 Å². The van der Waals surface area contributed by atoms with Crippen molar-refractivity contribution in [3.63, 3.8) is 0 Å². The highest BCUT2D eigenvalue weighted by Gasteiger charge is 2.14. The summed E-state index contributed by atoms with van der Waals surface area (Å²) in [7, 11) is 1.79. The lowest BCUT2D eigenvalue weighted by molar-refractivity contribution is 0.223. The topological polar surface area (TPSA) is 50.2 Å². The molecule has 124 valence electrons. The Morgan fingerprint density at radius 1 is 1.30 bits per heavy atom. The molecule has 0 aliphatic heterocycles. The number of hydrogen-bond donors (Lipinski definition) is 1. The number of rotatable bonds is 5. The number of urea groups is 1. The summed E-state index contributed by atoms with van der Waals surface area (Å²) in [4.78, 5) is 13.9. The van der Waals surface area contributed by atoms with E-state index < -0.39 is 0 Å². The molecule has 0 fully saturated rings. The Hall–Kier alpha value is -2.01. The maximum atomic E-state index is 12.2. The number of halogens is 1. The molecule has 1 N–H and O–H groups in total. The van der Waals surface area contributed by atoms with Crippen molar-refractivity contribution in [1.29, 1.82) is 0 Å². The van der Waals surface area contributed by atoms with Gasteiger partial charge in [0.05, 0.1) is 5.69 Å². The molecule has 0 saturated carbocycles. The van der Waals surface area contributed by atoms with Gasteiger partial charge in [-0.05, 0) is 57.0 Å². The smallest absolute Gasteiger partial charge is 0.321 e. The lowest BCUT2D eigenvalue weighted by Crippen LogP contribution is -2.33. The zero-order valence-corrected chi connectivity index (χ0v) is 14.8. The molecule has 5 nitrogen and oxygen atoms in total. The highest BCUT2D eigenvalue weighted by Crippen LogP contribution is 2.15. The summed E-state index contributed by atoms with van der Waals surface area (Å²) in [6.07, 6.45) is 0.794. The van der Waals surface area contributed by atoms with E-state index in [0.717, 1.165) is 24.3 Å². The molecule has 0 radical (unpaired) electrons. The molecule has 1 aromatic heterocycles. The third-order valence-electron chi connectivity index (χ3n) is 3.97. The van der Waals surface area contributed by atoms with Gasteiger partial charge in [-0.25, -0.2) is 4.79 Å². The quantitative estimate of drug-likeness (QED) is 0.902. The first-order valence-electron chi connectivity index (χ1n) is 7.73. The van der Waals surface area contributed by atoms with Crippen LogP contribution in [0, 0.1) is 13.8 Å². The molecule has 2 aromatic rings. The molecule has 0 saturated heterocycles. The number of hydrogen-bond acceptors (Lipinski definition) is 2. The van der Waals surface area contributed by atoms with Crippen LogP contribution in [-0.2, 0) is 13.0 Å². The first kappa shape index (κ1) is 17.3. The van der Waals surface area contributed by atoms with E-state index in [4.69, 9.17) is 11.6 Å². The van der Waals surface area contributed by atoms with Crippen molar-refractivity contribution in [3.8, 4) is 0 Å². The maximum absolute atomic E-state index is 12.2. The number of carbonyl (C=O) groups is 1. The Morgan fingerprint density at radius 2 is 1.96 bits per heavy atom. The summed E-state index contributed by atoms with van der Waals surface area (Å²) in [6.45, 7) is 7.67. The van der Waals surface area contributed by atoms with Crippen molar-refractivity contribution in [3.05, 3.63) is 46.2 Å². The molecule has 0 atom stereocenters. The molecule has 6 heteroatoms. The molecule has 2 amide bonds. The normalized spacial score (nSPS) is 10.7. The van der Waals surface area contributed by atoms with Crippen LogP contribution in [0.2, 0.25) is 5.02 Å². The van der Waals surface area contributed by atoms with Crippen LogP contribution in [0.15, 0.2) is 24.3 Å². The number of nitrogens with zero attached hydrogens (tertiary/aromatic N) is 3. The van der Waals surface area contributed by atoms with Crippen LogP contribution < -0.4 is 5.32 Å². The van der Waals surface area contributed by atoms with Crippen LogP contribution in [0.3, 0.4) is 0 Å². The van der Waals surface area contributed by atoms with E-state index in [1.54, 1.807) is 36.2 Å². The second-order valence-electron chi connectivity index (χ2n) is 5.57. The number of amides is 2. The highest BCUT2D eigenvalue weighted by molar-refractivity contribution is 6.30. The Balaban J connectivity index is 1.94. The standard InChI is InChI=1S/C17H23ClN4O/c1-5-22-13(3)16(12(2)20-22)10-11-21(4)17(23)19-15-8-6-14(18)7-9-15/h6-9H,5,10-11H2,1-4H3,(H,19,23). The zero-order valence-electron chi connectivity index (χ0n) is 14.1. The van der Waals surface area contributed by atoms with Crippen LogP contribution in [0.4, 0.5) is 10.5 Å². The SMILES string of the molecule is CCn1nc(C)c(CCN(C)C(=O)Nc2ccc(Cl)cc2)c1C. The van der Waals surface area contributed by atoms with E-state index in [9.17, 15) is 4.79 Å². The number of anilines is 1. The summed E-state index contributed by atoms with van der Waals surface area (Å²) in [5, 5.41) is 8.02. The minimum Gasteiger partial charge on any atom is -0.327 e. The van der Waals surface area contributed by atoms with Crippen LogP contribution >= 0.6 is 11.6 Å². The Bertz CT molecular complexity index is 679. The maximum Gasteiger partial charge on any atom is 0.321 e. The van der Waals surface area contributed by atoms with Gasteiger partial charge in [0.25, 0.3) is 0 Å². The van der Waals surface area contributed by atoms with Gasteiger partial charge < -0.3 is 10.2 Å². The van der Waals surface area contributed by atoms with Crippen LogP contribution in [-0.4, -0.2) is 34.3 Å². The molecule has 23 heavy (non-hydrogen) atoms. The van der Waals surface area contributed by atoms with E-state index >= 15 is 0 Å². The summed E-state index contributed by atoms with van der Waals surface area (Å²) < 4.78 is 2.00. The molecule has 1 heterocycles. The van der Waals surface area contributed by atoms with Crippen molar-refractivity contribution >= 4 is 23.3 Å². The number of benzene rings is 1. The van der Waals surface area contributed by atoms with E-state index in [1.807, 2.05) is 11.6 Å². The highest BCUT2D eigenvalue weighted by atomic mass is 35.5. The van der Waals surface area contributed by atoms with Gasteiger partial charge in [0.15, 0.2) is 0 Å². The van der Waals surface area contributed by atoms with Crippen molar-refractivity contribution in [2.45, 2.75) is 33.7 Å². The molecule has 0 unspecified atom stereocenters. The van der Waals surface area contributed by atoms with Crippen molar-refractivity contribution < 1.29 is 4.79 Å². The molecular formula is C17H23ClN4O.